The first-order valence-electron chi connectivity index (χ1n) is 9.89. The fourth-order valence-electron chi connectivity index (χ4n) is 3.45. The summed E-state index contributed by atoms with van der Waals surface area (Å²) in [4.78, 5) is 28.4. The van der Waals surface area contributed by atoms with Gasteiger partial charge in [0.05, 0.1) is 16.4 Å². The quantitative estimate of drug-likeness (QED) is 0.710. The van der Waals surface area contributed by atoms with Crippen LogP contribution in [0.4, 0.5) is 11.4 Å². The van der Waals surface area contributed by atoms with E-state index in [1.165, 1.54) is 0 Å². The highest BCUT2D eigenvalue weighted by Crippen LogP contribution is 2.34. The first-order valence-corrected chi connectivity index (χ1v) is 10.6. The maximum absolute atomic E-state index is 12.5. The number of amides is 2. The van der Waals surface area contributed by atoms with Gasteiger partial charge >= 0.3 is 0 Å². The number of carbonyl (C=O) groups excluding carboxylic acids is 2. The Morgan fingerprint density at radius 1 is 1.10 bits per heavy atom. The molecule has 0 aromatic heterocycles. The van der Waals surface area contributed by atoms with Crippen molar-refractivity contribution in [1.29, 1.82) is 0 Å². The van der Waals surface area contributed by atoms with Crippen LogP contribution in [0, 0.1) is 6.92 Å². The SMILES string of the molecule is CCC(=O)N1CCN(c2c(Cl)cccc2NC(=O)COc2ccc(Cl)cc2C)CC1. The molecule has 2 amide bonds. The van der Waals surface area contributed by atoms with Crippen LogP contribution in [0.5, 0.6) is 5.75 Å². The van der Waals surface area contributed by atoms with Crippen molar-refractivity contribution >= 4 is 46.4 Å². The first kappa shape index (κ1) is 22.2. The summed E-state index contributed by atoms with van der Waals surface area (Å²) < 4.78 is 5.63. The number of halogens is 2. The van der Waals surface area contributed by atoms with Crippen molar-refractivity contribution < 1.29 is 14.3 Å². The number of para-hydroxylation sites is 1. The van der Waals surface area contributed by atoms with Gasteiger partial charge in [-0.05, 0) is 42.8 Å². The van der Waals surface area contributed by atoms with E-state index in [0.29, 0.717) is 54.1 Å². The van der Waals surface area contributed by atoms with Crippen LogP contribution in [-0.2, 0) is 9.59 Å². The molecule has 0 unspecified atom stereocenters. The molecule has 2 aromatic rings. The third kappa shape index (κ3) is 5.37. The predicted octanol–water partition coefficient (Wildman–Crippen LogP) is 4.38. The normalized spacial score (nSPS) is 13.9. The van der Waals surface area contributed by atoms with Gasteiger partial charge in [-0.1, -0.05) is 36.2 Å². The van der Waals surface area contributed by atoms with Crippen molar-refractivity contribution in [3.05, 3.63) is 52.0 Å². The van der Waals surface area contributed by atoms with Gasteiger partial charge in [0, 0.05) is 37.6 Å². The number of hydrogen-bond donors (Lipinski definition) is 1. The zero-order chi connectivity index (χ0) is 21.7. The lowest BCUT2D eigenvalue weighted by atomic mass is 10.2. The van der Waals surface area contributed by atoms with Crippen LogP contribution in [0.15, 0.2) is 36.4 Å². The van der Waals surface area contributed by atoms with Gasteiger partial charge in [0.25, 0.3) is 5.91 Å². The van der Waals surface area contributed by atoms with E-state index in [0.717, 1.165) is 11.3 Å². The molecule has 1 fully saturated rings. The van der Waals surface area contributed by atoms with Crippen LogP contribution in [0.3, 0.4) is 0 Å². The van der Waals surface area contributed by atoms with Crippen molar-refractivity contribution in [1.82, 2.24) is 4.90 Å². The number of anilines is 2. The molecule has 1 heterocycles. The summed E-state index contributed by atoms with van der Waals surface area (Å²) in [5.74, 6) is 0.474. The summed E-state index contributed by atoms with van der Waals surface area (Å²) in [5, 5.41) is 4.07. The molecule has 0 aliphatic carbocycles. The van der Waals surface area contributed by atoms with Gasteiger partial charge in [0.1, 0.15) is 5.75 Å². The Morgan fingerprint density at radius 3 is 2.50 bits per heavy atom. The topological polar surface area (TPSA) is 61.9 Å². The van der Waals surface area contributed by atoms with E-state index in [1.54, 1.807) is 30.3 Å². The van der Waals surface area contributed by atoms with Gasteiger partial charge in [-0.3, -0.25) is 9.59 Å². The minimum absolute atomic E-state index is 0.132. The lowest BCUT2D eigenvalue weighted by Gasteiger charge is -2.37. The second kappa shape index (κ2) is 10.0. The molecular formula is C22H25Cl2N3O3. The zero-order valence-electron chi connectivity index (χ0n) is 17.1. The Balaban J connectivity index is 1.66. The summed E-state index contributed by atoms with van der Waals surface area (Å²) in [6.45, 7) is 6.17. The number of carbonyl (C=O) groups is 2. The molecule has 8 heteroatoms. The number of aryl methyl sites for hydroxylation is 1. The highest BCUT2D eigenvalue weighted by atomic mass is 35.5. The van der Waals surface area contributed by atoms with E-state index in [1.807, 2.05) is 24.8 Å². The molecule has 30 heavy (non-hydrogen) atoms. The fraction of sp³-hybridized carbons (Fsp3) is 0.364. The summed E-state index contributed by atoms with van der Waals surface area (Å²) in [5.41, 5.74) is 2.25. The van der Waals surface area contributed by atoms with E-state index in [4.69, 9.17) is 27.9 Å². The Kier molecular flexibility index (Phi) is 7.45. The fourth-order valence-corrected chi connectivity index (χ4v) is 3.97. The summed E-state index contributed by atoms with van der Waals surface area (Å²) in [6.07, 6.45) is 0.500. The second-order valence-corrected chi connectivity index (χ2v) is 7.95. The Hall–Kier alpha value is -2.44. The van der Waals surface area contributed by atoms with Crippen molar-refractivity contribution in [3.63, 3.8) is 0 Å². The van der Waals surface area contributed by atoms with Crippen LogP contribution in [0.2, 0.25) is 10.0 Å². The molecule has 160 valence electrons. The molecule has 1 aliphatic heterocycles. The van der Waals surface area contributed by atoms with Crippen molar-refractivity contribution in [2.24, 2.45) is 0 Å². The summed E-state index contributed by atoms with van der Waals surface area (Å²) in [7, 11) is 0. The molecule has 0 spiro atoms. The first-order chi connectivity index (χ1) is 14.4. The van der Waals surface area contributed by atoms with Crippen LogP contribution >= 0.6 is 23.2 Å². The van der Waals surface area contributed by atoms with E-state index >= 15 is 0 Å². The average Bonchev–Trinajstić information content (AvgIpc) is 2.73. The number of nitrogens with one attached hydrogen (secondary N) is 1. The third-order valence-electron chi connectivity index (χ3n) is 5.01. The van der Waals surface area contributed by atoms with Gasteiger partial charge in [-0.15, -0.1) is 0 Å². The highest BCUT2D eigenvalue weighted by Gasteiger charge is 2.24. The van der Waals surface area contributed by atoms with Gasteiger partial charge < -0.3 is 19.9 Å². The summed E-state index contributed by atoms with van der Waals surface area (Å²) in [6, 6.07) is 10.7. The predicted molar refractivity (Wildman–Crippen MR) is 121 cm³/mol. The van der Waals surface area contributed by atoms with Crippen LogP contribution < -0.4 is 15.0 Å². The van der Waals surface area contributed by atoms with Crippen molar-refractivity contribution in [3.8, 4) is 5.75 Å². The maximum atomic E-state index is 12.5. The van der Waals surface area contributed by atoms with Gasteiger partial charge in [-0.25, -0.2) is 0 Å². The van der Waals surface area contributed by atoms with Crippen LogP contribution in [0.25, 0.3) is 0 Å². The smallest absolute Gasteiger partial charge is 0.262 e. The number of ether oxygens (including phenoxy) is 1. The third-order valence-corrected chi connectivity index (χ3v) is 5.55. The molecule has 6 nitrogen and oxygen atoms in total. The molecule has 0 atom stereocenters. The Morgan fingerprint density at radius 2 is 1.83 bits per heavy atom. The molecule has 1 aliphatic rings. The molecule has 0 saturated carbocycles. The summed E-state index contributed by atoms with van der Waals surface area (Å²) >= 11 is 12.4. The molecule has 1 saturated heterocycles. The number of piperazine rings is 1. The maximum Gasteiger partial charge on any atom is 0.262 e. The Bertz CT molecular complexity index is 928. The van der Waals surface area contributed by atoms with Crippen LogP contribution in [0.1, 0.15) is 18.9 Å². The highest BCUT2D eigenvalue weighted by molar-refractivity contribution is 6.34. The number of nitrogens with zero attached hydrogens (tertiary/aromatic N) is 2. The van der Waals surface area contributed by atoms with E-state index < -0.39 is 0 Å². The molecule has 3 rings (SSSR count). The minimum Gasteiger partial charge on any atom is -0.483 e. The molecule has 0 bridgehead atoms. The van der Waals surface area contributed by atoms with Crippen LogP contribution in [-0.4, -0.2) is 49.5 Å². The Labute approximate surface area is 186 Å². The molecule has 2 aromatic carbocycles. The minimum atomic E-state index is -0.285. The van der Waals surface area contributed by atoms with Gasteiger partial charge in [0.15, 0.2) is 6.61 Å². The second-order valence-electron chi connectivity index (χ2n) is 7.10. The largest absolute Gasteiger partial charge is 0.483 e. The van der Waals surface area contributed by atoms with Crippen molar-refractivity contribution in [2.75, 3.05) is 43.0 Å². The van der Waals surface area contributed by atoms with Gasteiger partial charge in [-0.2, -0.15) is 0 Å². The van der Waals surface area contributed by atoms with Gasteiger partial charge in [0.2, 0.25) is 5.91 Å². The molecule has 0 radical (unpaired) electrons. The lowest BCUT2D eigenvalue weighted by Crippen LogP contribution is -2.48. The number of hydrogen-bond acceptors (Lipinski definition) is 4. The molecule has 1 N–H and O–H groups in total. The van der Waals surface area contributed by atoms with Crippen molar-refractivity contribution in [2.45, 2.75) is 20.3 Å². The lowest BCUT2D eigenvalue weighted by molar-refractivity contribution is -0.131. The van der Waals surface area contributed by atoms with E-state index in [2.05, 4.69) is 10.2 Å². The number of benzene rings is 2. The molecular weight excluding hydrogens is 425 g/mol. The number of rotatable bonds is 6. The monoisotopic (exact) mass is 449 g/mol. The zero-order valence-corrected chi connectivity index (χ0v) is 18.6. The standard InChI is InChI=1S/C22H25Cl2N3O3/c1-3-21(29)26-9-11-27(12-10-26)22-17(24)5-4-6-18(22)25-20(28)14-30-19-8-7-16(23)13-15(19)2/h4-8,13H,3,9-12,14H2,1-2H3,(H,25,28). The average molecular weight is 450 g/mol. The van der Waals surface area contributed by atoms with E-state index in [9.17, 15) is 9.59 Å². The van der Waals surface area contributed by atoms with E-state index in [-0.39, 0.29) is 18.4 Å².